The van der Waals surface area contributed by atoms with Gasteiger partial charge in [-0.15, -0.1) is 0 Å². The van der Waals surface area contributed by atoms with Crippen molar-refractivity contribution in [2.75, 3.05) is 13.7 Å². The average molecular weight is 417 g/mol. The lowest BCUT2D eigenvalue weighted by atomic mass is 10.1. The minimum atomic E-state index is -0.488. The summed E-state index contributed by atoms with van der Waals surface area (Å²) >= 11 is 0. The fourth-order valence-electron chi connectivity index (χ4n) is 3.43. The van der Waals surface area contributed by atoms with Crippen LogP contribution in [0.1, 0.15) is 23.0 Å². The van der Waals surface area contributed by atoms with Gasteiger partial charge in [0.2, 0.25) is 0 Å². The number of nitrogens with one attached hydrogen (secondary N) is 1. The Labute approximate surface area is 177 Å². The molecule has 0 aliphatic heterocycles. The minimum Gasteiger partial charge on any atom is -0.461 e. The van der Waals surface area contributed by atoms with Gasteiger partial charge in [-0.05, 0) is 54.9 Å². The Morgan fingerprint density at radius 3 is 2.65 bits per heavy atom. The minimum absolute atomic E-state index is 0.206. The molecule has 2 aromatic carbocycles. The lowest BCUT2D eigenvalue weighted by molar-refractivity contribution is 0.0514. The number of carbonyl (C=O) groups excluding carboxylic acids is 1. The summed E-state index contributed by atoms with van der Waals surface area (Å²) in [5.41, 5.74) is 11.6. The van der Waals surface area contributed by atoms with Crippen molar-refractivity contribution in [3.8, 4) is 11.5 Å². The summed E-state index contributed by atoms with van der Waals surface area (Å²) < 4.78 is 16.5. The molecule has 4 rings (SSSR count). The Balaban J connectivity index is 1.80. The van der Waals surface area contributed by atoms with E-state index in [2.05, 4.69) is 20.0 Å². The zero-order valence-electron chi connectivity index (χ0n) is 17.0. The third-order valence-corrected chi connectivity index (χ3v) is 4.70. The predicted molar refractivity (Wildman–Crippen MR) is 116 cm³/mol. The molecule has 31 heavy (non-hydrogen) atoms. The van der Waals surface area contributed by atoms with Crippen molar-refractivity contribution >= 4 is 33.5 Å². The molecule has 9 heteroatoms. The third-order valence-electron chi connectivity index (χ3n) is 4.70. The quantitative estimate of drug-likeness (QED) is 0.177. The highest BCUT2D eigenvalue weighted by Crippen LogP contribution is 2.34. The summed E-state index contributed by atoms with van der Waals surface area (Å²) in [7, 11) is 1.57. The van der Waals surface area contributed by atoms with Crippen LogP contribution in [0.15, 0.2) is 53.8 Å². The van der Waals surface area contributed by atoms with Gasteiger partial charge in [0.1, 0.15) is 11.5 Å². The molecule has 0 amide bonds. The summed E-state index contributed by atoms with van der Waals surface area (Å²) in [5.74, 6) is 0.725. The van der Waals surface area contributed by atoms with E-state index >= 15 is 0 Å². The topological polar surface area (TPSA) is 122 Å². The molecule has 0 unspecified atom stereocenters. The van der Waals surface area contributed by atoms with Crippen LogP contribution in [-0.2, 0) is 16.1 Å². The zero-order valence-corrected chi connectivity index (χ0v) is 17.0. The standard InChI is InChI=1S/C22H19N5O4/c1-3-30-22(28)21-17(12-29-2)20-16-10-15(8-9-18(16)25-19(20)11-24-21)31-14-6-4-13(5-7-14)26-27-23/h4-11,25H,3,12H2,1-2H3. The van der Waals surface area contributed by atoms with Crippen molar-refractivity contribution in [3.05, 3.63) is 70.4 Å². The lowest BCUT2D eigenvalue weighted by Gasteiger charge is -2.10. The molecule has 4 aromatic rings. The smallest absolute Gasteiger partial charge is 0.357 e. The van der Waals surface area contributed by atoms with E-state index < -0.39 is 5.97 Å². The number of fused-ring (bicyclic) bond motifs is 3. The van der Waals surface area contributed by atoms with Crippen LogP contribution in [0.3, 0.4) is 0 Å². The van der Waals surface area contributed by atoms with E-state index in [1.165, 1.54) is 0 Å². The normalized spacial score (nSPS) is 10.8. The van der Waals surface area contributed by atoms with Crippen LogP contribution in [0.4, 0.5) is 5.69 Å². The Bertz CT molecular complexity index is 1310. The molecule has 156 valence electrons. The number of azide groups is 1. The molecule has 0 saturated heterocycles. The Hall–Kier alpha value is -4.07. The average Bonchev–Trinajstić information content (AvgIpc) is 3.14. The fraction of sp³-hybridized carbons (Fsp3) is 0.182. The number of ether oxygens (including phenoxy) is 3. The first-order valence-corrected chi connectivity index (χ1v) is 9.57. The fourth-order valence-corrected chi connectivity index (χ4v) is 3.43. The van der Waals surface area contributed by atoms with Crippen LogP contribution in [0.2, 0.25) is 0 Å². The maximum atomic E-state index is 12.4. The maximum absolute atomic E-state index is 12.4. The molecule has 0 spiro atoms. The van der Waals surface area contributed by atoms with E-state index in [-0.39, 0.29) is 18.9 Å². The van der Waals surface area contributed by atoms with Crippen LogP contribution in [-0.4, -0.2) is 29.7 Å². The summed E-state index contributed by atoms with van der Waals surface area (Å²) in [6.07, 6.45) is 1.62. The molecule has 0 aliphatic carbocycles. The highest BCUT2D eigenvalue weighted by Gasteiger charge is 2.20. The molecule has 0 fully saturated rings. The van der Waals surface area contributed by atoms with E-state index in [9.17, 15) is 4.79 Å². The van der Waals surface area contributed by atoms with Gasteiger partial charge in [-0.3, -0.25) is 0 Å². The molecular formula is C22H19N5O4. The summed E-state index contributed by atoms with van der Waals surface area (Å²) in [4.78, 5) is 22.8. The second kappa shape index (κ2) is 8.74. The number of carbonyl (C=O) groups is 1. The Morgan fingerprint density at radius 1 is 1.16 bits per heavy atom. The van der Waals surface area contributed by atoms with Crippen LogP contribution in [0, 0.1) is 0 Å². The largest absolute Gasteiger partial charge is 0.461 e. The van der Waals surface area contributed by atoms with Crippen molar-refractivity contribution in [3.63, 3.8) is 0 Å². The summed E-state index contributed by atoms with van der Waals surface area (Å²) in [6.45, 7) is 2.22. The van der Waals surface area contributed by atoms with Crippen LogP contribution < -0.4 is 4.74 Å². The lowest BCUT2D eigenvalue weighted by Crippen LogP contribution is -2.11. The van der Waals surface area contributed by atoms with Crippen molar-refractivity contribution in [2.24, 2.45) is 5.11 Å². The molecule has 0 aliphatic rings. The number of benzene rings is 2. The summed E-state index contributed by atoms with van der Waals surface area (Å²) in [6, 6.07) is 12.4. The number of H-pyrrole nitrogens is 1. The first-order valence-electron chi connectivity index (χ1n) is 9.57. The van der Waals surface area contributed by atoms with Gasteiger partial charge in [0.05, 0.1) is 24.9 Å². The van der Waals surface area contributed by atoms with E-state index in [4.69, 9.17) is 19.7 Å². The molecule has 0 radical (unpaired) electrons. The first-order chi connectivity index (χ1) is 15.1. The number of pyridine rings is 1. The SMILES string of the molecule is CCOC(=O)c1ncc2[nH]c3ccc(Oc4ccc(N=[N+]=[N-])cc4)cc3c2c1COC. The molecule has 0 bridgehead atoms. The van der Waals surface area contributed by atoms with E-state index in [0.29, 0.717) is 22.7 Å². The summed E-state index contributed by atoms with van der Waals surface area (Å²) in [5, 5.41) is 5.26. The van der Waals surface area contributed by atoms with E-state index in [1.807, 2.05) is 18.2 Å². The molecule has 1 N–H and O–H groups in total. The highest BCUT2D eigenvalue weighted by molar-refractivity contribution is 6.11. The van der Waals surface area contributed by atoms with Crippen molar-refractivity contribution < 1.29 is 19.0 Å². The first kappa shape index (κ1) is 20.2. The second-order valence-corrected chi connectivity index (χ2v) is 6.65. The number of nitrogens with zero attached hydrogens (tertiary/aromatic N) is 4. The molecule has 0 saturated carbocycles. The maximum Gasteiger partial charge on any atom is 0.357 e. The van der Waals surface area contributed by atoms with Gasteiger partial charge in [-0.25, -0.2) is 9.78 Å². The number of hydrogen-bond donors (Lipinski definition) is 1. The van der Waals surface area contributed by atoms with Crippen molar-refractivity contribution in [1.29, 1.82) is 0 Å². The van der Waals surface area contributed by atoms with Gasteiger partial charge >= 0.3 is 5.97 Å². The number of esters is 1. The van der Waals surface area contributed by atoms with Gasteiger partial charge in [0.15, 0.2) is 5.69 Å². The molecule has 9 nitrogen and oxygen atoms in total. The number of rotatable bonds is 7. The van der Waals surface area contributed by atoms with Crippen LogP contribution in [0.5, 0.6) is 11.5 Å². The van der Waals surface area contributed by atoms with Gasteiger partial charge in [-0.1, -0.05) is 5.11 Å². The molecule has 0 atom stereocenters. The van der Waals surface area contributed by atoms with E-state index in [0.717, 1.165) is 21.8 Å². The van der Waals surface area contributed by atoms with Gasteiger partial charge < -0.3 is 19.2 Å². The number of methoxy groups -OCH3 is 1. The molecule has 2 aromatic heterocycles. The second-order valence-electron chi connectivity index (χ2n) is 6.65. The highest BCUT2D eigenvalue weighted by atomic mass is 16.5. The predicted octanol–water partition coefficient (Wildman–Crippen LogP) is 5.77. The Morgan fingerprint density at radius 2 is 1.94 bits per heavy atom. The van der Waals surface area contributed by atoms with Gasteiger partial charge in [0, 0.05) is 39.6 Å². The number of aromatic amines is 1. The van der Waals surface area contributed by atoms with Gasteiger partial charge in [-0.2, -0.15) is 0 Å². The molecular weight excluding hydrogens is 398 g/mol. The third kappa shape index (κ3) is 4.00. The van der Waals surface area contributed by atoms with Crippen molar-refractivity contribution in [2.45, 2.75) is 13.5 Å². The van der Waals surface area contributed by atoms with Crippen molar-refractivity contribution in [1.82, 2.24) is 9.97 Å². The van der Waals surface area contributed by atoms with Crippen LogP contribution in [0.25, 0.3) is 32.2 Å². The monoisotopic (exact) mass is 417 g/mol. The number of aromatic nitrogens is 2. The van der Waals surface area contributed by atoms with E-state index in [1.54, 1.807) is 44.5 Å². The number of hydrogen-bond acceptors (Lipinski definition) is 6. The van der Waals surface area contributed by atoms with Gasteiger partial charge in [0.25, 0.3) is 0 Å². The molecule has 2 heterocycles. The zero-order chi connectivity index (χ0) is 21.8. The Kier molecular flexibility index (Phi) is 5.70. The van der Waals surface area contributed by atoms with Crippen LogP contribution >= 0.6 is 0 Å².